The first kappa shape index (κ1) is 11.0. The second-order valence-electron chi connectivity index (χ2n) is 2.97. The van der Waals surface area contributed by atoms with E-state index in [4.69, 9.17) is 0 Å². The van der Waals surface area contributed by atoms with Gasteiger partial charge in [0, 0.05) is 17.6 Å². The highest BCUT2D eigenvalue weighted by atomic mass is 79.9. The molecule has 0 aliphatic heterocycles. The first-order chi connectivity index (χ1) is 6.63. The SMILES string of the molecule is CNC(=O)C=Cc1ccc(C)cc1Br. The molecule has 0 spiro atoms. The van der Waals surface area contributed by atoms with Gasteiger partial charge in [-0.25, -0.2) is 0 Å². The number of hydrogen-bond donors (Lipinski definition) is 1. The lowest BCUT2D eigenvalue weighted by atomic mass is 10.1. The molecule has 0 atom stereocenters. The van der Waals surface area contributed by atoms with Crippen molar-refractivity contribution < 1.29 is 4.79 Å². The summed E-state index contributed by atoms with van der Waals surface area (Å²) in [6.07, 6.45) is 3.29. The largest absolute Gasteiger partial charge is 0.356 e. The highest BCUT2D eigenvalue weighted by molar-refractivity contribution is 9.10. The third-order valence-electron chi connectivity index (χ3n) is 1.82. The van der Waals surface area contributed by atoms with Crippen LogP contribution in [-0.4, -0.2) is 13.0 Å². The van der Waals surface area contributed by atoms with Crippen molar-refractivity contribution in [3.05, 3.63) is 39.9 Å². The van der Waals surface area contributed by atoms with Gasteiger partial charge in [-0.3, -0.25) is 4.79 Å². The van der Waals surface area contributed by atoms with E-state index < -0.39 is 0 Å². The Kier molecular flexibility index (Phi) is 3.89. The molecule has 1 aromatic rings. The number of aryl methyl sites for hydroxylation is 1. The summed E-state index contributed by atoms with van der Waals surface area (Å²) in [6, 6.07) is 6.00. The molecule has 14 heavy (non-hydrogen) atoms. The van der Waals surface area contributed by atoms with Crippen LogP contribution in [0.2, 0.25) is 0 Å². The molecular formula is C11H12BrNO. The van der Waals surface area contributed by atoms with Gasteiger partial charge in [0.25, 0.3) is 0 Å². The lowest BCUT2D eigenvalue weighted by Gasteiger charge is -1.99. The Balaban J connectivity index is 2.87. The highest BCUT2D eigenvalue weighted by Gasteiger charge is 1.96. The molecule has 0 fully saturated rings. The molecule has 0 aliphatic rings. The lowest BCUT2D eigenvalue weighted by molar-refractivity contribution is -0.115. The maximum atomic E-state index is 11.0. The zero-order valence-corrected chi connectivity index (χ0v) is 9.76. The zero-order valence-electron chi connectivity index (χ0n) is 8.17. The fraction of sp³-hybridized carbons (Fsp3) is 0.182. The maximum Gasteiger partial charge on any atom is 0.243 e. The van der Waals surface area contributed by atoms with E-state index in [0.29, 0.717) is 0 Å². The monoisotopic (exact) mass is 253 g/mol. The predicted molar refractivity (Wildman–Crippen MR) is 62.0 cm³/mol. The summed E-state index contributed by atoms with van der Waals surface area (Å²) < 4.78 is 0.998. The molecule has 0 heterocycles. The molecule has 0 saturated heterocycles. The average molecular weight is 254 g/mol. The molecular weight excluding hydrogens is 242 g/mol. The maximum absolute atomic E-state index is 11.0. The smallest absolute Gasteiger partial charge is 0.243 e. The summed E-state index contributed by atoms with van der Waals surface area (Å²) in [7, 11) is 1.61. The van der Waals surface area contributed by atoms with Gasteiger partial charge < -0.3 is 5.32 Å². The number of carbonyl (C=O) groups excluding carboxylic acids is 1. The van der Waals surface area contributed by atoms with Gasteiger partial charge in [0.05, 0.1) is 0 Å². The molecule has 1 rings (SSSR count). The molecule has 0 unspecified atom stereocenters. The molecule has 3 heteroatoms. The van der Waals surface area contributed by atoms with E-state index in [2.05, 4.69) is 21.2 Å². The van der Waals surface area contributed by atoms with Gasteiger partial charge in [-0.1, -0.05) is 28.1 Å². The number of carbonyl (C=O) groups is 1. The van der Waals surface area contributed by atoms with Gasteiger partial charge >= 0.3 is 0 Å². The summed E-state index contributed by atoms with van der Waals surface area (Å²) in [5.41, 5.74) is 2.19. The summed E-state index contributed by atoms with van der Waals surface area (Å²) >= 11 is 3.44. The van der Waals surface area contributed by atoms with Crippen LogP contribution in [-0.2, 0) is 4.79 Å². The Morgan fingerprint density at radius 2 is 2.21 bits per heavy atom. The number of likely N-dealkylation sites (N-methyl/N-ethyl adjacent to an activating group) is 1. The third-order valence-corrected chi connectivity index (χ3v) is 2.50. The van der Waals surface area contributed by atoms with Crippen molar-refractivity contribution in [2.24, 2.45) is 0 Å². The molecule has 1 amide bonds. The molecule has 0 aromatic heterocycles. The molecule has 1 N–H and O–H groups in total. The van der Waals surface area contributed by atoms with E-state index >= 15 is 0 Å². The summed E-state index contributed by atoms with van der Waals surface area (Å²) in [4.78, 5) is 11.0. The number of amides is 1. The van der Waals surface area contributed by atoms with Gasteiger partial charge in [0.2, 0.25) is 5.91 Å². The quantitative estimate of drug-likeness (QED) is 0.807. The average Bonchev–Trinajstić information content (AvgIpc) is 2.16. The Morgan fingerprint density at radius 3 is 2.79 bits per heavy atom. The van der Waals surface area contributed by atoms with Crippen LogP contribution >= 0.6 is 15.9 Å². The van der Waals surface area contributed by atoms with E-state index in [1.54, 1.807) is 13.1 Å². The Labute approximate surface area is 92.1 Å². The minimum Gasteiger partial charge on any atom is -0.356 e. The van der Waals surface area contributed by atoms with E-state index in [1.807, 2.05) is 25.1 Å². The van der Waals surface area contributed by atoms with E-state index in [0.717, 1.165) is 10.0 Å². The van der Waals surface area contributed by atoms with E-state index in [-0.39, 0.29) is 5.91 Å². The van der Waals surface area contributed by atoms with Crippen molar-refractivity contribution in [1.82, 2.24) is 5.32 Å². The summed E-state index contributed by atoms with van der Waals surface area (Å²) in [5, 5.41) is 2.53. The molecule has 74 valence electrons. The summed E-state index contributed by atoms with van der Waals surface area (Å²) in [5.74, 6) is -0.0996. The molecule has 2 nitrogen and oxygen atoms in total. The minimum atomic E-state index is -0.0996. The van der Waals surface area contributed by atoms with Crippen molar-refractivity contribution in [1.29, 1.82) is 0 Å². The molecule has 0 bridgehead atoms. The Bertz CT molecular complexity index is 372. The van der Waals surface area contributed by atoms with Crippen molar-refractivity contribution >= 4 is 27.9 Å². The van der Waals surface area contributed by atoms with E-state index in [1.165, 1.54) is 11.6 Å². The number of hydrogen-bond acceptors (Lipinski definition) is 1. The molecule has 0 saturated carbocycles. The van der Waals surface area contributed by atoms with Gasteiger partial charge in [-0.15, -0.1) is 0 Å². The van der Waals surface area contributed by atoms with Gasteiger partial charge in [-0.2, -0.15) is 0 Å². The van der Waals surface area contributed by atoms with Crippen LogP contribution in [0.4, 0.5) is 0 Å². The Hall–Kier alpha value is -1.09. The van der Waals surface area contributed by atoms with Crippen LogP contribution in [0.15, 0.2) is 28.7 Å². The van der Waals surface area contributed by atoms with Crippen LogP contribution in [0.5, 0.6) is 0 Å². The van der Waals surface area contributed by atoms with Crippen LogP contribution in [0.3, 0.4) is 0 Å². The first-order valence-electron chi connectivity index (χ1n) is 4.29. The predicted octanol–water partition coefficient (Wildman–Crippen LogP) is 2.52. The number of rotatable bonds is 2. The zero-order chi connectivity index (χ0) is 10.6. The second-order valence-corrected chi connectivity index (χ2v) is 3.83. The van der Waals surface area contributed by atoms with E-state index in [9.17, 15) is 4.79 Å². The van der Waals surface area contributed by atoms with Crippen molar-refractivity contribution in [3.8, 4) is 0 Å². The fourth-order valence-electron chi connectivity index (χ4n) is 1.02. The number of benzene rings is 1. The van der Waals surface area contributed by atoms with Crippen molar-refractivity contribution in [2.75, 3.05) is 7.05 Å². The van der Waals surface area contributed by atoms with Gasteiger partial charge in [0.15, 0.2) is 0 Å². The molecule has 0 radical (unpaired) electrons. The van der Waals surface area contributed by atoms with Crippen LogP contribution in [0, 0.1) is 6.92 Å². The van der Waals surface area contributed by atoms with Crippen LogP contribution in [0.25, 0.3) is 6.08 Å². The van der Waals surface area contributed by atoms with Gasteiger partial charge in [-0.05, 0) is 30.2 Å². The Morgan fingerprint density at radius 1 is 1.50 bits per heavy atom. The molecule has 0 aliphatic carbocycles. The molecule has 1 aromatic carbocycles. The third kappa shape index (κ3) is 3.00. The van der Waals surface area contributed by atoms with Crippen LogP contribution < -0.4 is 5.32 Å². The second kappa shape index (κ2) is 4.96. The normalized spacial score (nSPS) is 10.5. The van der Waals surface area contributed by atoms with Crippen LogP contribution in [0.1, 0.15) is 11.1 Å². The van der Waals surface area contributed by atoms with Crippen molar-refractivity contribution in [2.45, 2.75) is 6.92 Å². The first-order valence-corrected chi connectivity index (χ1v) is 5.08. The standard InChI is InChI=1S/C11H12BrNO/c1-8-3-4-9(10(12)7-8)5-6-11(14)13-2/h3-7H,1-2H3,(H,13,14). The highest BCUT2D eigenvalue weighted by Crippen LogP contribution is 2.19. The lowest BCUT2D eigenvalue weighted by Crippen LogP contribution is -2.13. The number of halogens is 1. The number of nitrogens with one attached hydrogen (secondary N) is 1. The fourth-order valence-corrected chi connectivity index (χ4v) is 1.64. The minimum absolute atomic E-state index is 0.0996. The topological polar surface area (TPSA) is 29.1 Å². The summed E-state index contributed by atoms with van der Waals surface area (Å²) in [6.45, 7) is 2.02. The van der Waals surface area contributed by atoms with Gasteiger partial charge in [0.1, 0.15) is 0 Å². The van der Waals surface area contributed by atoms with Crippen molar-refractivity contribution in [3.63, 3.8) is 0 Å².